The van der Waals surface area contributed by atoms with Crippen molar-refractivity contribution in [1.29, 1.82) is 0 Å². The van der Waals surface area contributed by atoms with E-state index in [0.29, 0.717) is 6.04 Å². The number of hydrogen-bond donors (Lipinski definition) is 1. The lowest BCUT2D eigenvalue weighted by atomic mass is 10.3. The zero-order valence-electron chi connectivity index (χ0n) is 9.89. The van der Waals surface area contributed by atoms with Crippen LogP contribution in [0.4, 0.5) is 0 Å². The maximum Gasteiger partial charge on any atom is 0.0724 e. The summed E-state index contributed by atoms with van der Waals surface area (Å²) < 4.78 is 0. The SMILES string of the molecule is CC(CNCc1cnccn1)N1CCCC1. The van der Waals surface area contributed by atoms with Gasteiger partial charge in [0.25, 0.3) is 0 Å². The first kappa shape index (κ1) is 11.5. The summed E-state index contributed by atoms with van der Waals surface area (Å²) in [5, 5.41) is 3.43. The molecule has 1 N–H and O–H groups in total. The Labute approximate surface area is 97.1 Å². The molecular formula is C12H20N4. The van der Waals surface area contributed by atoms with Gasteiger partial charge >= 0.3 is 0 Å². The number of hydrogen-bond acceptors (Lipinski definition) is 4. The van der Waals surface area contributed by atoms with E-state index in [1.165, 1.54) is 25.9 Å². The highest BCUT2D eigenvalue weighted by Gasteiger charge is 2.17. The van der Waals surface area contributed by atoms with Gasteiger partial charge < -0.3 is 5.32 Å². The number of nitrogens with zero attached hydrogens (tertiary/aromatic N) is 3. The highest BCUT2D eigenvalue weighted by Crippen LogP contribution is 2.10. The Hall–Kier alpha value is -1.00. The second-order valence-corrected chi connectivity index (χ2v) is 4.42. The minimum atomic E-state index is 0.624. The molecular weight excluding hydrogens is 200 g/mol. The Morgan fingerprint density at radius 2 is 2.19 bits per heavy atom. The van der Waals surface area contributed by atoms with E-state index < -0.39 is 0 Å². The van der Waals surface area contributed by atoms with Crippen LogP contribution in [0.3, 0.4) is 0 Å². The minimum absolute atomic E-state index is 0.624. The van der Waals surface area contributed by atoms with Gasteiger partial charge in [-0.2, -0.15) is 0 Å². The largest absolute Gasteiger partial charge is 0.310 e. The lowest BCUT2D eigenvalue weighted by molar-refractivity contribution is 0.251. The van der Waals surface area contributed by atoms with Gasteiger partial charge in [-0.05, 0) is 32.9 Å². The van der Waals surface area contributed by atoms with E-state index >= 15 is 0 Å². The summed E-state index contributed by atoms with van der Waals surface area (Å²) in [6.07, 6.45) is 7.97. The van der Waals surface area contributed by atoms with Crippen molar-refractivity contribution in [3.8, 4) is 0 Å². The first-order valence-corrected chi connectivity index (χ1v) is 6.06. The van der Waals surface area contributed by atoms with Gasteiger partial charge in [0.15, 0.2) is 0 Å². The molecule has 1 aromatic heterocycles. The summed E-state index contributed by atoms with van der Waals surface area (Å²) in [6.45, 7) is 6.64. The summed E-state index contributed by atoms with van der Waals surface area (Å²) in [5.74, 6) is 0. The lowest BCUT2D eigenvalue weighted by Gasteiger charge is -2.23. The average Bonchev–Trinajstić information content (AvgIpc) is 2.84. The van der Waals surface area contributed by atoms with Gasteiger partial charge in [0.1, 0.15) is 0 Å². The molecule has 16 heavy (non-hydrogen) atoms. The molecule has 1 unspecified atom stereocenters. The highest BCUT2D eigenvalue weighted by molar-refractivity contribution is 4.93. The zero-order chi connectivity index (χ0) is 11.2. The molecule has 4 nitrogen and oxygen atoms in total. The predicted molar refractivity (Wildman–Crippen MR) is 64.0 cm³/mol. The molecule has 4 heteroatoms. The molecule has 1 saturated heterocycles. The van der Waals surface area contributed by atoms with Crippen molar-refractivity contribution in [3.63, 3.8) is 0 Å². The van der Waals surface area contributed by atoms with Crippen molar-refractivity contribution >= 4 is 0 Å². The van der Waals surface area contributed by atoms with Crippen LogP contribution in [0.5, 0.6) is 0 Å². The maximum absolute atomic E-state index is 4.23. The first-order chi connectivity index (χ1) is 7.86. The standard InChI is InChI=1S/C12H20N4/c1-11(16-6-2-3-7-16)8-14-10-12-9-13-4-5-15-12/h4-5,9,11,14H,2-3,6-8,10H2,1H3. The summed E-state index contributed by atoms with van der Waals surface area (Å²) in [5.41, 5.74) is 1.01. The van der Waals surface area contributed by atoms with E-state index in [-0.39, 0.29) is 0 Å². The molecule has 1 atom stereocenters. The van der Waals surface area contributed by atoms with Crippen molar-refractivity contribution in [2.75, 3.05) is 19.6 Å². The van der Waals surface area contributed by atoms with Crippen LogP contribution in [0.15, 0.2) is 18.6 Å². The number of nitrogens with one attached hydrogen (secondary N) is 1. The normalized spacial score (nSPS) is 18.8. The fraction of sp³-hybridized carbons (Fsp3) is 0.667. The minimum Gasteiger partial charge on any atom is -0.310 e. The van der Waals surface area contributed by atoms with Crippen LogP contribution in [0.1, 0.15) is 25.5 Å². The van der Waals surface area contributed by atoms with Crippen LogP contribution in [0.2, 0.25) is 0 Å². The molecule has 2 rings (SSSR count). The fourth-order valence-corrected chi connectivity index (χ4v) is 2.14. The molecule has 0 saturated carbocycles. The number of aromatic nitrogens is 2. The van der Waals surface area contributed by atoms with Gasteiger partial charge in [-0.15, -0.1) is 0 Å². The molecule has 0 radical (unpaired) electrons. The fourth-order valence-electron chi connectivity index (χ4n) is 2.14. The van der Waals surface area contributed by atoms with Crippen LogP contribution in [-0.2, 0) is 6.54 Å². The average molecular weight is 220 g/mol. The summed E-state index contributed by atoms with van der Waals surface area (Å²) in [4.78, 5) is 10.8. The Kier molecular flexibility index (Phi) is 4.25. The van der Waals surface area contributed by atoms with Gasteiger partial charge in [0.2, 0.25) is 0 Å². The summed E-state index contributed by atoms with van der Waals surface area (Å²) in [7, 11) is 0. The summed E-state index contributed by atoms with van der Waals surface area (Å²) >= 11 is 0. The van der Waals surface area contributed by atoms with E-state index in [9.17, 15) is 0 Å². The van der Waals surface area contributed by atoms with Crippen LogP contribution in [0.25, 0.3) is 0 Å². The first-order valence-electron chi connectivity index (χ1n) is 6.06. The summed E-state index contributed by atoms with van der Waals surface area (Å²) in [6, 6.07) is 0.624. The Morgan fingerprint density at radius 3 is 2.88 bits per heavy atom. The van der Waals surface area contributed by atoms with Crippen LogP contribution < -0.4 is 5.32 Å². The Balaban J connectivity index is 1.67. The third-order valence-corrected chi connectivity index (χ3v) is 3.13. The van der Waals surface area contributed by atoms with E-state index in [2.05, 4.69) is 27.1 Å². The van der Waals surface area contributed by atoms with Crippen molar-refractivity contribution in [2.45, 2.75) is 32.4 Å². The van der Waals surface area contributed by atoms with E-state index in [4.69, 9.17) is 0 Å². The van der Waals surface area contributed by atoms with E-state index in [1.807, 2.05) is 6.20 Å². The molecule has 1 fully saturated rings. The third kappa shape index (κ3) is 3.25. The highest BCUT2D eigenvalue weighted by atomic mass is 15.2. The smallest absolute Gasteiger partial charge is 0.0724 e. The van der Waals surface area contributed by atoms with E-state index in [0.717, 1.165) is 18.8 Å². The van der Waals surface area contributed by atoms with Crippen LogP contribution in [-0.4, -0.2) is 40.5 Å². The molecule has 0 bridgehead atoms. The molecule has 1 aliphatic heterocycles. The predicted octanol–water partition coefficient (Wildman–Crippen LogP) is 1.05. The molecule has 0 spiro atoms. The Bertz CT molecular complexity index is 295. The van der Waals surface area contributed by atoms with Crippen LogP contribution in [0, 0.1) is 0 Å². The van der Waals surface area contributed by atoms with Gasteiger partial charge in [0, 0.05) is 37.7 Å². The molecule has 88 valence electrons. The van der Waals surface area contributed by atoms with Crippen molar-refractivity contribution in [1.82, 2.24) is 20.2 Å². The van der Waals surface area contributed by atoms with Crippen molar-refractivity contribution < 1.29 is 0 Å². The van der Waals surface area contributed by atoms with Gasteiger partial charge in [-0.3, -0.25) is 14.9 Å². The topological polar surface area (TPSA) is 41.1 Å². The van der Waals surface area contributed by atoms with E-state index in [1.54, 1.807) is 12.4 Å². The number of rotatable bonds is 5. The molecule has 2 heterocycles. The number of likely N-dealkylation sites (tertiary alicyclic amines) is 1. The molecule has 1 aromatic rings. The van der Waals surface area contributed by atoms with Crippen molar-refractivity contribution in [2.24, 2.45) is 0 Å². The monoisotopic (exact) mass is 220 g/mol. The van der Waals surface area contributed by atoms with Gasteiger partial charge in [0.05, 0.1) is 5.69 Å². The lowest BCUT2D eigenvalue weighted by Crippen LogP contribution is -2.38. The second kappa shape index (κ2) is 5.92. The van der Waals surface area contributed by atoms with Crippen molar-refractivity contribution in [3.05, 3.63) is 24.3 Å². The molecule has 0 aliphatic carbocycles. The second-order valence-electron chi connectivity index (χ2n) is 4.42. The molecule has 0 amide bonds. The van der Waals surface area contributed by atoms with Crippen LogP contribution >= 0.6 is 0 Å². The molecule has 0 aromatic carbocycles. The van der Waals surface area contributed by atoms with Gasteiger partial charge in [-0.25, -0.2) is 0 Å². The quantitative estimate of drug-likeness (QED) is 0.805. The Morgan fingerprint density at radius 1 is 1.38 bits per heavy atom. The zero-order valence-corrected chi connectivity index (χ0v) is 9.89. The molecule has 1 aliphatic rings. The van der Waals surface area contributed by atoms with Gasteiger partial charge in [-0.1, -0.05) is 0 Å². The third-order valence-electron chi connectivity index (χ3n) is 3.13. The maximum atomic E-state index is 4.23.